The van der Waals surface area contributed by atoms with Crippen LogP contribution in [0.25, 0.3) is 0 Å². The number of para-hydroxylation sites is 1. The SMILES string of the molecule is COc1ccc(CC[C@H]2CN(C3=Nc4ccccc4Cc4sc(C(C)(C)C)nc43)CCN2)cc1. The van der Waals surface area contributed by atoms with E-state index in [0.29, 0.717) is 6.04 Å². The maximum atomic E-state index is 5.29. The number of fused-ring (bicyclic) bond motifs is 2. The van der Waals surface area contributed by atoms with Crippen molar-refractivity contribution in [1.82, 2.24) is 15.2 Å². The molecule has 6 heteroatoms. The van der Waals surface area contributed by atoms with E-state index in [1.807, 2.05) is 23.5 Å². The summed E-state index contributed by atoms with van der Waals surface area (Å²) in [7, 11) is 1.71. The molecular formula is C28H34N4OS. The van der Waals surface area contributed by atoms with E-state index in [9.17, 15) is 0 Å². The van der Waals surface area contributed by atoms with Gasteiger partial charge in [-0.05, 0) is 42.2 Å². The number of ether oxygens (including phenoxy) is 1. The van der Waals surface area contributed by atoms with Crippen LogP contribution in [-0.2, 0) is 18.3 Å². The Balaban J connectivity index is 1.39. The molecule has 1 fully saturated rings. The zero-order chi connectivity index (χ0) is 23.7. The fourth-order valence-electron chi connectivity index (χ4n) is 4.64. The summed E-state index contributed by atoms with van der Waals surface area (Å²) >= 11 is 1.85. The highest BCUT2D eigenvalue weighted by Gasteiger charge is 2.31. The lowest BCUT2D eigenvalue weighted by atomic mass is 9.98. The Bertz CT molecular complexity index is 1180. The van der Waals surface area contributed by atoms with E-state index in [-0.39, 0.29) is 5.41 Å². The molecule has 2 aromatic carbocycles. The Labute approximate surface area is 206 Å². The lowest BCUT2D eigenvalue weighted by Gasteiger charge is -2.35. The first-order valence-electron chi connectivity index (χ1n) is 12.2. The van der Waals surface area contributed by atoms with Gasteiger partial charge in [0.15, 0.2) is 5.84 Å². The highest BCUT2D eigenvalue weighted by Crippen LogP contribution is 2.36. The van der Waals surface area contributed by atoms with Crippen molar-refractivity contribution in [3.05, 3.63) is 75.2 Å². The number of aliphatic imine (C=N–C) groups is 1. The summed E-state index contributed by atoms with van der Waals surface area (Å²) in [6.45, 7) is 9.59. The molecule has 2 aliphatic rings. The Morgan fingerprint density at radius 1 is 1.12 bits per heavy atom. The third-order valence-corrected chi connectivity index (χ3v) is 8.10. The molecule has 0 saturated carbocycles. The number of nitrogens with zero attached hydrogens (tertiary/aromatic N) is 3. The van der Waals surface area contributed by atoms with E-state index < -0.39 is 0 Å². The molecular weight excluding hydrogens is 440 g/mol. The van der Waals surface area contributed by atoms with Gasteiger partial charge >= 0.3 is 0 Å². The van der Waals surface area contributed by atoms with Gasteiger partial charge in [-0.2, -0.15) is 0 Å². The Kier molecular flexibility index (Phi) is 6.45. The average molecular weight is 475 g/mol. The van der Waals surface area contributed by atoms with Crippen LogP contribution in [0.3, 0.4) is 0 Å². The van der Waals surface area contributed by atoms with E-state index in [1.165, 1.54) is 21.0 Å². The largest absolute Gasteiger partial charge is 0.497 e. The number of benzene rings is 2. The maximum absolute atomic E-state index is 5.29. The zero-order valence-electron chi connectivity index (χ0n) is 20.6. The Morgan fingerprint density at radius 3 is 2.68 bits per heavy atom. The summed E-state index contributed by atoms with van der Waals surface area (Å²) in [6, 6.07) is 17.4. The van der Waals surface area contributed by atoms with Crippen LogP contribution in [0.4, 0.5) is 5.69 Å². The van der Waals surface area contributed by atoms with E-state index in [0.717, 1.165) is 61.9 Å². The second-order valence-corrected chi connectivity index (χ2v) is 11.3. The summed E-state index contributed by atoms with van der Waals surface area (Å²) in [6.07, 6.45) is 3.03. The van der Waals surface area contributed by atoms with Crippen molar-refractivity contribution in [2.45, 2.75) is 51.5 Å². The summed E-state index contributed by atoms with van der Waals surface area (Å²) in [5.74, 6) is 1.95. The number of hydrogen-bond acceptors (Lipinski definition) is 6. The molecule has 0 spiro atoms. The molecule has 0 aliphatic carbocycles. The summed E-state index contributed by atoms with van der Waals surface area (Å²) in [4.78, 5) is 14.2. The van der Waals surface area contributed by atoms with Gasteiger partial charge in [0.25, 0.3) is 0 Å². The molecule has 1 aromatic heterocycles. The molecule has 0 radical (unpaired) electrons. The zero-order valence-corrected chi connectivity index (χ0v) is 21.4. The van der Waals surface area contributed by atoms with Crippen molar-refractivity contribution < 1.29 is 4.74 Å². The molecule has 2 aliphatic heterocycles. The lowest BCUT2D eigenvalue weighted by molar-refractivity contribution is 0.281. The molecule has 0 bridgehead atoms. The molecule has 0 amide bonds. The second kappa shape index (κ2) is 9.51. The first kappa shape index (κ1) is 23.1. The molecule has 0 unspecified atom stereocenters. The molecule has 34 heavy (non-hydrogen) atoms. The van der Waals surface area contributed by atoms with Crippen LogP contribution in [0.1, 0.15) is 53.9 Å². The maximum Gasteiger partial charge on any atom is 0.156 e. The van der Waals surface area contributed by atoms with E-state index in [1.54, 1.807) is 7.11 Å². The summed E-state index contributed by atoms with van der Waals surface area (Å²) in [5.41, 5.74) is 4.83. The fraction of sp³-hybridized carbons (Fsp3) is 0.429. The van der Waals surface area contributed by atoms with Gasteiger partial charge in [0.05, 0.1) is 17.8 Å². The predicted molar refractivity (Wildman–Crippen MR) is 141 cm³/mol. The molecule has 3 aromatic rings. The van der Waals surface area contributed by atoms with Crippen LogP contribution < -0.4 is 10.1 Å². The van der Waals surface area contributed by atoms with Crippen LogP contribution in [0.5, 0.6) is 5.75 Å². The van der Waals surface area contributed by atoms with Crippen molar-refractivity contribution in [2.24, 2.45) is 4.99 Å². The highest BCUT2D eigenvalue weighted by molar-refractivity contribution is 7.12. The first-order valence-corrected chi connectivity index (χ1v) is 13.0. The first-order chi connectivity index (χ1) is 16.4. The van der Waals surface area contributed by atoms with E-state index >= 15 is 0 Å². The standard InChI is InChI=1S/C28H34N4OS/c1-28(2,3)27-31-25-24(34-27)17-20-7-5-6-8-23(20)30-26(25)32-16-15-29-21(18-32)12-9-19-10-13-22(33-4)14-11-19/h5-8,10-11,13-14,21,29H,9,12,15-18H2,1-4H3/t21-/m0/s1. The molecule has 5 rings (SSSR count). The Morgan fingerprint density at radius 2 is 1.91 bits per heavy atom. The van der Waals surface area contributed by atoms with Crippen molar-refractivity contribution in [3.8, 4) is 5.75 Å². The minimum atomic E-state index is 0.0336. The molecule has 5 nitrogen and oxygen atoms in total. The number of rotatable bonds is 4. The van der Waals surface area contributed by atoms with Crippen LogP contribution >= 0.6 is 11.3 Å². The van der Waals surface area contributed by atoms with Gasteiger partial charge in [-0.3, -0.25) is 0 Å². The van der Waals surface area contributed by atoms with E-state index in [4.69, 9.17) is 14.7 Å². The summed E-state index contributed by atoms with van der Waals surface area (Å²) in [5, 5.41) is 4.92. The third-order valence-electron chi connectivity index (χ3n) is 6.62. The fourth-order valence-corrected chi connectivity index (χ4v) is 5.78. The second-order valence-electron chi connectivity index (χ2n) is 10.3. The third kappa shape index (κ3) is 4.89. The smallest absolute Gasteiger partial charge is 0.156 e. The van der Waals surface area contributed by atoms with Crippen LogP contribution in [0.2, 0.25) is 0 Å². The van der Waals surface area contributed by atoms with Gasteiger partial charge in [0.2, 0.25) is 0 Å². The number of thiazole rings is 1. The van der Waals surface area contributed by atoms with Crippen molar-refractivity contribution in [2.75, 3.05) is 26.7 Å². The number of amidine groups is 1. The number of piperazine rings is 1. The minimum absolute atomic E-state index is 0.0336. The number of methoxy groups -OCH3 is 1. The van der Waals surface area contributed by atoms with Gasteiger partial charge in [-0.15, -0.1) is 11.3 Å². The van der Waals surface area contributed by atoms with Gasteiger partial charge < -0.3 is 15.0 Å². The highest BCUT2D eigenvalue weighted by atomic mass is 32.1. The van der Waals surface area contributed by atoms with Crippen molar-refractivity contribution in [3.63, 3.8) is 0 Å². The van der Waals surface area contributed by atoms with Crippen LogP contribution in [0.15, 0.2) is 53.5 Å². The topological polar surface area (TPSA) is 49.8 Å². The quantitative estimate of drug-likeness (QED) is 0.555. The number of nitrogens with one attached hydrogen (secondary N) is 1. The summed E-state index contributed by atoms with van der Waals surface area (Å²) < 4.78 is 5.29. The molecule has 178 valence electrons. The number of aromatic nitrogens is 1. The van der Waals surface area contributed by atoms with E-state index in [2.05, 4.69) is 67.4 Å². The van der Waals surface area contributed by atoms with Crippen molar-refractivity contribution in [1.29, 1.82) is 0 Å². The normalized spacial score (nSPS) is 18.1. The molecule has 1 saturated heterocycles. The van der Waals surface area contributed by atoms with Crippen LogP contribution in [0, 0.1) is 0 Å². The Hall–Kier alpha value is -2.70. The predicted octanol–water partition coefficient (Wildman–Crippen LogP) is 5.34. The van der Waals surface area contributed by atoms with Crippen molar-refractivity contribution >= 4 is 22.9 Å². The minimum Gasteiger partial charge on any atom is -0.497 e. The molecule has 3 heterocycles. The van der Waals surface area contributed by atoms with Gasteiger partial charge in [-0.1, -0.05) is 51.1 Å². The lowest BCUT2D eigenvalue weighted by Crippen LogP contribution is -2.53. The monoisotopic (exact) mass is 474 g/mol. The average Bonchev–Trinajstić information content (AvgIpc) is 3.20. The van der Waals surface area contributed by atoms with Gasteiger partial charge in [0, 0.05) is 42.4 Å². The molecule has 1 atom stereocenters. The molecule has 1 N–H and O–H groups in total. The number of aryl methyl sites for hydroxylation is 1. The number of hydrogen-bond donors (Lipinski definition) is 1. The van der Waals surface area contributed by atoms with Gasteiger partial charge in [-0.25, -0.2) is 9.98 Å². The van der Waals surface area contributed by atoms with Crippen LogP contribution in [-0.4, -0.2) is 48.5 Å². The van der Waals surface area contributed by atoms with Gasteiger partial charge in [0.1, 0.15) is 11.4 Å².